The van der Waals surface area contributed by atoms with Gasteiger partial charge in [-0.15, -0.1) is 11.3 Å². The number of hydrogen-bond donors (Lipinski definition) is 3. The van der Waals surface area contributed by atoms with E-state index in [1.807, 2.05) is 17.5 Å². The lowest BCUT2D eigenvalue weighted by molar-refractivity contribution is -0.139. The maximum Gasteiger partial charge on any atom is 0.341 e. The number of amides is 2. The van der Waals surface area contributed by atoms with Crippen molar-refractivity contribution < 1.29 is 19.4 Å². The highest BCUT2D eigenvalue weighted by Gasteiger charge is 2.08. The number of carboxylic acids is 1. The van der Waals surface area contributed by atoms with Gasteiger partial charge in [-0.05, 0) is 23.6 Å². The van der Waals surface area contributed by atoms with E-state index in [-0.39, 0.29) is 6.03 Å². The van der Waals surface area contributed by atoms with E-state index in [0.717, 1.165) is 4.88 Å². The molecule has 0 fully saturated rings. The minimum absolute atomic E-state index is 0.311. The fraction of sp³-hybridized carbons (Fsp3) is 0.143. The molecule has 1 aromatic carbocycles. The van der Waals surface area contributed by atoms with Gasteiger partial charge in [-0.3, -0.25) is 0 Å². The van der Waals surface area contributed by atoms with Gasteiger partial charge in [0, 0.05) is 4.88 Å². The maximum absolute atomic E-state index is 11.8. The largest absolute Gasteiger partial charge is 0.480 e. The average molecular weight is 306 g/mol. The van der Waals surface area contributed by atoms with Crippen molar-refractivity contribution in [1.82, 2.24) is 5.32 Å². The number of rotatable bonds is 6. The molecule has 0 unspecified atom stereocenters. The molecule has 0 aliphatic rings. The molecule has 0 bridgehead atoms. The first kappa shape index (κ1) is 14.9. The van der Waals surface area contributed by atoms with Crippen LogP contribution in [0.4, 0.5) is 10.5 Å². The zero-order chi connectivity index (χ0) is 15.1. The number of ether oxygens (including phenoxy) is 1. The molecule has 2 rings (SSSR count). The maximum atomic E-state index is 11.8. The molecule has 110 valence electrons. The van der Waals surface area contributed by atoms with Crippen molar-refractivity contribution in [3.8, 4) is 5.75 Å². The van der Waals surface area contributed by atoms with Crippen LogP contribution >= 0.6 is 11.3 Å². The second-order valence-corrected chi connectivity index (χ2v) is 5.10. The molecule has 1 aromatic heterocycles. The minimum Gasteiger partial charge on any atom is -0.480 e. The second kappa shape index (κ2) is 7.30. The first-order valence-electron chi connectivity index (χ1n) is 6.16. The molecule has 0 aliphatic heterocycles. The van der Waals surface area contributed by atoms with Crippen LogP contribution in [0.2, 0.25) is 0 Å². The number of thiophene rings is 1. The van der Waals surface area contributed by atoms with E-state index in [0.29, 0.717) is 18.0 Å². The summed E-state index contributed by atoms with van der Waals surface area (Å²) in [6.45, 7) is -0.0306. The molecule has 0 atom stereocenters. The Labute approximate surface area is 125 Å². The van der Waals surface area contributed by atoms with E-state index in [2.05, 4.69) is 10.6 Å². The average Bonchev–Trinajstić information content (AvgIpc) is 2.97. The van der Waals surface area contributed by atoms with Gasteiger partial charge < -0.3 is 20.5 Å². The summed E-state index contributed by atoms with van der Waals surface area (Å²) in [4.78, 5) is 23.4. The fourth-order valence-corrected chi connectivity index (χ4v) is 2.23. The van der Waals surface area contributed by atoms with Crippen molar-refractivity contribution in [2.75, 3.05) is 11.9 Å². The Hall–Kier alpha value is -2.54. The van der Waals surface area contributed by atoms with Crippen molar-refractivity contribution in [2.24, 2.45) is 0 Å². The zero-order valence-corrected chi connectivity index (χ0v) is 11.9. The summed E-state index contributed by atoms with van der Waals surface area (Å²) in [5.41, 5.74) is 0.419. The van der Waals surface area contributed by atoms with E-state index in [4.69, 9.17) is 9.84 Å². The van der Waals surface area contributed by atoms with Gasteiger partial charge in [0.1, 0.15) is 5.75 Å². The third-order valence-electron chi connectivity index (χ3n) is 2.49. The van der Waals surface area contributed by atoms with Crippen LogP contribution in [0.15, 0.2) is 41.8 Å². The van der Waals surface area contributed by atoms with Crippen LogP contribution in [-0.4, -0.2) is 23.7 Å². The smallest absolute Gasteiger partial charge is 0.341 e. The first-order chi connectivity index (χ1) is 10.1. The van der Waals surface area contributed by atoms with E-state index in [9.17, 15) is 9.59 Å². The lowest BCUT2D eigenvalue weighted by Crippen LogP contribution is -2.28. The Morgan fingerprint density at radius 1 is 1.19 bits per heavy atom. The molecule has 0 saturated heterocycles. The van der Waals surface area contributed by atoms with Crippen LogP contribution in [0.25, 0.3) is 0 Å². The number of benzene rings is 1. The predicted octanol–water partition coefficient (Wildman–Crippen LogP) is 2.53. The molecule has 21 heavy (non-hydrogen) atoms. The van der Waals surface area contributed by atoms with Gasteiger partial charge in [0.25, 0.3) is 0 Å². The van der Waals surface area contributed by atoms with E-state index in [1.165, 1.54) is 0 Å². The van der Waals surface area contributed by atoms with Gasteiger partial charge in [-0.2, -0.15) is 0 Å². The number of nitrogens with one attached hydrogen (secondary N) is 2. The quantitative estimate of drug-likeness (QED) is 0.765. The molecule has 7 heteroatoms. The Morgan fingerprint density at radius 2 is 2.00 bits per heavy atom. The van der Waals surface area contributed by atoms with Crippen LogP contribution in [0, 0.1) is 0 Å². The molecule has 0 aliphatic carbocycles. The van der Waals surface area contributed by atoms with Crippen molar-refractivity contribution in [3.63, 3.8) is 0 Å². The summed E-state index contributed by atoms with van der Waals surface area (Å²) in [7, 11) is 0. The summed E-state index contributed by atoms with van der Waals surface area (Å²) in [6.07, 6.45) is 0. The number of carboxylic acid groups (broad SMARTS) is 1. The van der Waals surface area contributed by atoms with Gasteiger partial charge >= 0.3 is 12.0 Å². The SMILES string of the molecule is O=C(O)COc1ccccc1NC(=O)NCc1cccs1. The number of anilines is 1. The third kappa shape index (κ3) is 4.81. The zero-order valence-electron chi connectivity index (χ0n) is 11.0. The monoisotopic (exact) mass is 306 g/mol. The van der Waals surface area contributed by atoms with E-state index in [1.54, 1.807) is 35.6 Å². The minimum atomic E-state index is -1.08. The lowest BCUT2D eigenvalue weighted by atomic mass is 10.3. The number of hydrogen-bond acceptors (Lipinski definition) is 4. The Balaban J connectivity index is 1.92. The number of para-hydroxylation sites is 2. The Bertz CT molecular complexity index is 613. The molecule has 2 aromatic rings. The van der Waals surface area contributed by atoms with Gasteiger partial charge in [0.05, 0.1) is 12.2 Å². The Morgan fingerprint density at radius 3 is 2.71 bits per heavy atom. The summed E-state index contributed by atoms with van der Waals surface area (Å²) in [5.74, 6) is -0.766. The third-order valence-corrected chi connectivity index (χ3v) is 3.37. The standard InChI is InChI=1S/C14H14N2O4S/c17-13(18)9-20-12-6-2-1-5-11(12)16-14(19)15-8-10-4-3-7-21-10/h1-7H,8-9H2,(H,17,18)(H2,15,16,19). The number of carbonyl (C=O) groups excluding carboxylic acids is 1. The molecule has 0 radical (unpaired) electrons. The van der Waals surface area contributed by atoms with Gasteiger partial charge in [0.2, 0.25) is 0 Å². The summed E-state index contributed by atoms with van der Waals surface area (Å²) in [6, 6.07) is 10.1. The van der Waals surface area contributed by atoms with Crippen LogP contribution in [-0.2, 0) is 11.3 Å². The highest BCUT2D eigenvalue weighted by molar-refractivity contribution is 7.09. The molecule has 6 nitrogen and oxygen atoms in total. The molecular formula is C14H14N2O4S. The van der Waals surface area contributed by atoms with Crippen molar-refractivity contribution in [2.45, 2.75) is 6.54 Å². The van der Waals surface area contributed by atoms with Crippen LogP contribution in [0.3, 0.4) is 0 Å². The molecule has 2 amide bonds. The van der Waals surface area contributed by atoms with E-state index < -0.39 is 12.6 Å². The highest BCUT2D eigenvalue weighted by atomic mass is 32.1. The van der Waals surface area contributed by atoms with Crippen LogP contribution in [0.1, 0.15) is 4.88 Å². The Kier molecular flexibility index (Phi) is 5.16. The highest BCUT2D eigenvalue weighted by Crippen LogP contribution is 2.23. The predicted molar refractivity (Wildman–Crippen MR) is 79.8 cm³/mol. The number of aliphatic carboxylic acids is 1. The fourth-order valence-electron chi connectivity index (χ4n) is 1.58. The molecule has 1 heterocycles. The lowest BCUT2D eigenvalue weighted by Gasteiger charge is -2.11. The molecule has 3 N–H and O–H groups in total. The second-order valence-electron chi connectivity index (χ2n) is 4.07. The van der Waals surface area contributed by atoms with Crippen molar-refractivity contribution in [1.29, 1.82) is 0 Å². The summed E-state index contributed by atoms with van der Waals surface area (Å²) < 4.78 is 5.11. The number of urea groups is 1. The molecular weight excluding hydrogens is 292 g/mol. The summed E-state index contributed by atoms with van der Waals surface area (Å²) >= 11 is 1.55. The normalized spacial score (nSPS) is 9.90. The first-order valence-corrected chi connectivity index (χ1v) is 7.04. The van der Waals surface area contributed by atoms with Crippen LogP contribution in [0.5, 0.6) is 5.75 Å². The van der Waals surface area contributed by atoms with E-state index >= 15 is 0 Å². The van der Waals surface area contributed by atoms with Crippen molar-refractivity contribution in [3.05, 3.63) is 46.7 Å². The van der Waals surface area contributed by atoms with Crippen molar-refractivity contribution >= 4 is 29.0 Å². The van der Waals surface area contributed by atoms with Gasteiger partial charge in [-0.1, -0.05) is 18.2 Å². The molecule has 0 saturated carbocycles. The number of carbonyl (C=O) groups is 2. The summed E-state index contributed by atoms with van der Waals surface area (Å²) in [5, 5.41) is 15.9. The van der Waals surface area contributed by atoms with Crippen LogP contribution < -0.4 is 15.4 Å². The van der Waals surface area contributed by atoms with Gasteiger partial charge in [-0.25, -0.2) is 9.59 Å². The molecule has 0 spiro atoms. The topological polar surface area (TPSA) is 87.7 Å². The van der Waals surface area contributed by atoms with Gasteiger partial charge in [0.15, 0.2) is 6.61 Å².